The van der Waals surface area contributed by atoms with Crippen molar-refractivity contribution in [2.75, 3.05) is 0 Å². The van der Waals surface area contributed by atoms with Crippen LogP contribution in [-0.4, -0.2) is 19.1 Å². The third kappa shape index (κ3) is 5.27. The molecule has 0 unspecified atom stereocenters. The lowest BCUT2D eigenvalue weighted by molar-refractivity contribution is 1.13. The lowest BCUT2D eigenvalue weighted by Crippen LogP contribution is -2.00. The Hall–Kier alpha value is -8.34. The topological polar surface area (TPSA) is 35.6 Å². The fourth-order valence-corrected chi connectivity index (χ4v) is 9.85. The average Bonchev–Trinajstić information content (AvgIpc) is 3.87. The van der Waals surface area contributed by atoms with Gasteiger partial charge in [-0.2, -0.15) is 0 Å². The molecule has 4 nitrogen and oxygen atoms in total. The molecule has 0 spiro atoms. The van der Waals surface area contributed by atoms with Crippen LogP contribution in [0.25, 0.3) is 121 Å². The van der Waals surface area contributed by atoms with Gasteiger partial charge in [-0.1, -0.05) is 158 Å². The number of fused-ring (bicyclic) bond motifs is 11. The van der Waals surface area contributed by atoms with Crippen LogP contribution in [0.15, 0.2) is 218 Å². The fraction of sp³-hybridized carbons (Fsp3) is 0. The Morgan fingerprint density at radius 3 is 1.37 bits per heavy atom. The highest BCUT2D eigenvalue weighted by atomic mass is 15.0. The second-order valence-corrected chi connectivity index (χ2v) is 16.2. The van der Waals surface area contributed by atoms with Crippen LogP contribution in [-0.2, 0) is 0 Å². The Labute approximate surface area is 357 Å². The van der Waals surface area contributed by atoms with E-state index in [0.717, 1.165) is 77.6 Å². The number of benzene rings is 9. The highest BCUT2D eigenvalue weighted by Crippen LogP contribution is 2.41. The molecule has 0 saturated heterocycles. The van der Waals surface area contributed by atoms with Crippen molar-refractivity contribution in [2.45, 2.75) is 0 Å². The fourth-order valence-electron chi connectivity index (χ4n) is 9.85. The van der Waals surface area contributed by atoms with E-state index in [2.05, 4.69) is 221 Å². The summed E-state index contributed by atoms with van der Waals surface area (Å²) in [6.45, 7) is 0. The van der Waals surface area contributed by atoms with Crippen LogP contribution in [0.3, 0.4) is 0 Å². The molecule has 9 aromatic carbocycles. The molecule has 0 aliphatic carbocycles. The molecule has 0 amide bonds. The first-order valence-electron chi connectivity index (χ1n) is 21.2. The van der Waals surface area contributed by atoms with Crippen molar-refractivity contribution in [3.8, 4) is 45.0 Å². The van der Waals surface area contributed by atoms with Crippen LogP contribution in [0.1, 0.15) is 0 Å². The van der Waals surface area contributed by atoms with Crippen LogP contribution < -0.4 is 0 Å². The quantitative estimate of drug-likeness (QED) is 0.163. The lowest BCUT2D eigenvalue weighted by atomic mass is 9.94. The van der Waals surface area contributed by atoms with Gasteiger partial charge in [0.2, 0.25) is 0 Å². The third-order valence-electron chi connectivity index (χ3n) is 12.6. The van der Waals surface area contributed by atoms with E-state index in [1.54, 1.807) is 0 Å². The Morgan fingerprint density at radius 1 is 0.306 bits per heavy atom. The smallest absolute Gasteiger partial charge is 0.0810 e. The molecule has 0 saturated carbocycles. The van der Waals surface area contributed by atoms with Gasteiger partial charge in [0.05, 0.1) is 44.5 Å². The van der Waals surface area contributed by atoms with E-state index in [1.165, 1.54) is 43.6 Å². The van der Waals surface area contributed by atoms with E-state index < -0.39 is 0 Å². The zero-order chi connectivity index (χ0) is 40.7. The van der Waals surface area contributed by atoms with Crippen molar-refractivity contribution >= 4 is 76.2 Å². The van der Waals surface area contributed by atoms with E-state index >= 15 is 0 Å². The molecule has 4 heterocycles. The molecule has 4 heteroatoms. The number of nitrogens with zero attached hydrogens (tertiary/aromatic N) is 4. The first kappa shape index (κ1) is 34.5. The maximum atomic E-state index is 5.47. The SMILES string of the molecule is c1ccc(-c2ccc3ccc4c5cc(-c6cc(-n7c8ccccc8c8ccccc87)cc(-n7c8ccccc8c8ccccc87)c6)ccc5nc(-c5ccccc5)c4c3n2)cc1. The van der Waals surface area contributed by atoms with Crippen molar-refractivity contribution in [3.05, 3.63) is 218 Å². The summed E-state index contributed by atoms with van der Waals surface area (Å²) >= 11 is 0. The van der Waals surface area contributed by atoms with Gasteiger partial charge < -0.3 is 9.13 Å². The predicted molar refractivity (Wildman–Crippen MR) is 260 cm³/mol. The van der Waals surface area contributed by atoms with Crippen molar-refractivity contribution in [2.24, 2.45) is 0 Å². The molecule has 0 aliphatic rings. The van der Waals surface area contributed by atoms with Gasteiger partial charge in [0.15, 0.2) is 0 Å². The number of hydrogen-bond acceptors (Lipinski definition) is 2. The number of aromatic nitrogens is 4. The maximum Gasteiger partial charge on any atom is 0.0810 e. The summed E-state index contributed by atoms with van der Waals surface area (Å²) in [6.07, 6.45) is 0. The molecule has 13 rings (SSSR count). The zero-order valence-electron chi connectivity index (χ0n) is 33.6. The Bertz CT molecular complexity index is 3680. The molecule has 0 aliphatic heterocycles. The van der Waals surface area contributed by atoms with Crippen molar-refractivity contribution < 1.29 is 0 Å². The van der Waals surface area contributed by atoms with Gasteiger partial charge in [0.1, 0.15) is 0 Å². The lowest BCUT2D eigenvalue weighted by Gasteiger charge is -2.17. The number of pyridine rings is 2. The van der Waals surface area contributed by atoms with Crippen molar-refractivity contribution in [1.82, 2.24) is 19.1 Å². The molecule has 62 heavy (non-hydrogen) atoms. The van der Waals surface area contributed by atoms with Crippen molar-refractivity contribution in [3.63, 3.8) is 0 Å². The summed E-state index contributed by atoms with van der Waals surface area (Å²) in [5, 5.41) is 9.30. The van der Waals surface area contributed by atoms with Gasteiger partial charge in [-0.15, -0.1) is 0 Å². The number of rotatable bonds is 5. The highest BCUT2D eigenvalue weighted by molar-refractivity contribution is 6.21. The second kappa shape index (κ2) is 13.6. The summed E-state index contributed by atoms with van der Waals surface area (Å²) in [6, 6.07) is 78.6. The minimum atomic E-state index is 0.936. The largest absolute Gasteiger partial charge is 0.309 e. The van der Waals surface area contributed by atoms with Gasteiger partial charge in [-0.25, -0.2) is 9.97 Å². The molecule has 0 N–H and O–H groups in total. The monoisotopic (exact) mass is 788 g/mol. The van der Waals surface area contributed by atoms with Crippen LogP contribution in [0.5, 0.6) is 0 Å². The minimum Gasteiger partial charge on any atom is -0.309 e. The summed E-state index contributed by atoms with van der Waals surface area (Å²) in [7, 11) is 0. The summed E-state index contributed by atoms with van der Waals surface area (Å²) in [4.78, 5) is 10.8. The van der Waals surface area contributed by atoms with Gasteiger partial charge in [0.25, 0.3) is 0 Å². The Morgan fingerprint density at radius 2 is 0.806 bits per heavy atom. The van der Waals surface area contributed by atoms with Crippen LogP contribution >= 0.6 is 0 Å². The molecular weight excluding hydrogens is 753 g/mol. The minimum absolute atomic E-state index is 0.936. The average molecular weight is 789 g/mol. The van der Waals surface area contributed by atoms with E-state index in [-0.39, 0.29) is 0 Å². The third-order valence-corrected chi connectivity index (χ3v) is 12.6. The molecule has 0 radical (unpaired) electrons. The molecular formula is C58H36N4. The van der Waals surface area contributed by atoms with E-state index in [1.807, 2.05) is 6.07 Å². The number of para-hydroxylation sites is 4. The highest BCUT2D eigenvalue weighted by Gasteiger charge is 2.20. The van der Waals surface area contributed by atoms with Crippen molar-refractivity contribution in [1.29, 1.82) is 0 Å². The molecule has 4 aromatic heterocycles. The number of hydrogen-bond donors (Lipinski definition) is 0. The standard InChI is InChI=1S/C58H36N4/c1-3-15-37(16-4-1)50-31-28-39-27-30-48-49-35-40(29-32-51(49)60-57(56(48)58(39)59-50)38-17-5-2-6-18-38)41-33-42(61-52-23-11-7-19-44(52)45-20-8-12-24-53(45)61)36-43(34-41)62-54-25-13-9-21-46(54)47-22-10-14-26-55(47)62/h1-36H. The molecule has 288 valence electrons. The maximum absolute atomic E-state index is 5.47. The van der Waals surface area contributed by atoms with Gasteiger partial charge in [0, 0.05) is 60.2 Å². The van der Waals surface area contributed by atoms with Crippen LogP contribution in [0.2, 0.25) is 0 Å². The summed E-state index contributed by atoms with van der Waals surface area (Å²) in [5.41, 5.74) is 15.1. The molecule has 0 fully saturated rings. The predicted octanol–water partition coefficient (Wildman–Crippen LogP) is 15.1. The van der Waals surface area contributed by atoms with E-state index in [4.69, 9.17) is 9.97 Å². The molecule has 13 aromatic rings. The molecule has 0 atom stereocenters. The first-order valence-corrected chi connectivity index (χ1v) is 21.2. The van der Waals surface area contributed by atoms with Crippen LogP contribution in [0.4, 0.5) is 0 Å². The Kier molecular flexibility index (Phi) is 7.57. The van der Waals surface area contributed by atoms with Gasteiger partial charge >= 0.3 is 0 Å². The summed E-state index contributed by atoms with van der Waals surface area (Å²) < 4.78 is 4.86. The van der Waals surface area contributed by atoms with Crippen LogP contribution in [0, 0.1) is 0 Å². The normalized spacial score (nSPS) is 11.9. The second-order valence-electron chi connectivity index (χ2n) is 16.2. The zero-order valence-corrected chi connectivity index (χ0v) is 33.6. The first-order chi connectivity index (χ1) is 30.7. The van der Waals surface area contributed by atoms with E-state index in [9.17, 15) is 0 Å². The van der Waals surface area contributed by atoms with E-state index in [0.29, 0.717) is 0 Å². The van der Waals surface area contributed by atoms with Gasteiger partial charge in [-0.05, 0) is 77.2 Å². The summed E-state index contributed by atoms with van der Waals surface area (Å²) in [5.74, 6) is 0. The Balaban J connectivity index is 1.11. The molecule has 0 bridgehead atoms. The van der Waals surface area contributed by atoms with Gasteiger partial charge in [-0.3, -0.25) is 0 Å².